The van der Waals surface area contributed by atoms with Crippen molar-refractivity contribution in [1.82, 2.24) is 10.1 Å². The van der Waals surface area contributed by atoms with E-state index in [0.29, 0.717) is 46.9 Å². The molecule has 9 rings (SSSR count). The molecule has 286 valence electrons. The summed E-state index contributed by atoms with van der Waals surface area (Å²) in [6.45, 7) is 3.71. The van der Waals surface area contributed by atoms with Gasteiger partial charge in [0.1, 0.15) is 22.9 Å². The molecule has 4 aliphatic rings. The summed E-state index contributed by atoms with van der Waals surface area (Å²) >= 11 is 12.7. The van der Waals surface area contributed by atoms with E-state index in [0.717, 1.165) is 0 Å². The molecule has 0 N–H and O–H groups in total. The highest BCUT2D eigenvalue weighted by Crippen LogP contribution is 2.65. The van der Waals surface area contributed by atoms with Crippen LogP contribution in [0.4, 0.5) is 8.78 Å². The maximum absolute atomic E-state index is 16.6. The monoisotopic (exact) mass is 830 g/mol. The first-order chi connectivity index (χ1) is 26.9. The predicted octanol–water partition coefficient (Wildman–Crippen LogP) is 8.96. The molecule has 0 saturated carbocycles. The van der Waals surface area contributed by atoms with E-state index in [-0.39, 0.29) is 11.8 Å². The summed E-state index contributed by atoms with van der Waals surface area (Å²) in [7, 11) is -7.01. The molecule has 0 amide bonds. The molecule has 4 heterocycles. The second-order valence-electron chi connectivity index (χ2n) is 14.7. The zero-order valence-electron chi connectivity index (χ0n) is 30.4. The Hall–Kier alpha value is -4.14. The van der Waals surface area contributed by atoms with Crippen LogP contribution >= 0.6 is 37.5 Å². The van der Waals surface area contributed by atoms with Gasteiger partial charge in [-0.05, 0) is 39.5 Å². The molecular formula is C42H36Cl2F2N4O4P2. The third-order valence-corrected chi connectivity index (χ3v) is 20.1. The van der Waals surface area contributed by atoms with Crippen molar-refractivity contribution in [3.63, 3.8) is 0 Å². The van der Waals surface area contributed by atoms with Crippen LogP contribution in [0.5, 0.6) is 0 Å². The molecule has 0 aliphatic carbocycles. The molecule has 0 aromatic heterocycles. The molecule has 5 aromatic carbocycles. The number of hydrogen-bond acceptors (Lipinski definition) is 8. The van der Waals surface area contributed by atoms with Gasteiger partial charge in [0.15, 0.2) is 25.9 Å². The smallest absolute Gasteiger partial charge is 0.246 e. The standard InChI is InChI=1S/C42H36Cl2F2N4O4P2/c1-41(55(51,27-15-7-3-8-16-27)28-17-9-4-10-18-28)25-23-31-47-39(53-49(31)41)33-34(38(46)36(44)35(43)37(33)45)40-48-32-24-26-42(2,50(32)54-40)56(52,29-19-11-5-12-20-29)30-21-13-6-14-22-30/h3-22,31-32H,23-26H2,1-2H3. The van der Waals surface area contributed by atoms with Gasteiger partial charge in [0.25, 0.3) is 0 Å². The minimum atomic E-state index is -3.51. The van der Waals surface area contributed by atoms with Crippen molar-refractivity contribution in [2.75, 3.05) is 0 Å². The van der Waals surface area contributed by atoms with E-state index in [9.17, 15) is 0 Å². The zero-order valence-corrected chi connectivity index (χ0v) is 33.7. The average molecular weight is 832 g/mol. The Bertz CT molecular complexity index is 2260. The van der Waals surface area contributed by atoms with E-state index >= 15 is 17.9 Å². The van der Waals surface area contributed by atoms with Crippen LogP contribution in [0.1, 0.15) is 50.7 Å². The number of benzene rings is 5. The number of rotatable bonds is 8. The lowest BCUT2D eigenvalue weighted by atomic mass is 10.0. The quantitative estimate of drug-likeness (QED) is 0.0883. The van der Waals surface area contributed by atoms with Crippen molar-refractivity contribution in [2.24, 2.45) is 9.98 Å². The molecule has 56 heavy (non-hydrogen) atoms. The van der Waals surface area contributed by atoms with Crippen LogP contribution in [0.25, 0.3) is 0 Å². The highest BCUT2D eigenvalue weighted by molar-refractivity contribution is 7.80. The molecule has 5 aromatic rings. The summed E-state index contributed by atoms with van der Waals surface area (Å²) in [4.78, 5) is 22.4. The topological polar surface area (TPSA) is 83.8 Å². The maximum atomic E-state index is 16.6. The summed E-state index contributed by atoms with van der Waals surface area (Å²) in [5.74, 6) is -2.72. The van der Waals surface area contributed by atoms with E-state index in [4.69, 9.17) is 42.9 Å². The molecule has 14 heteroatoms. The van der Waals surface area contributed by atoms with Gasteiger partial charge in [-0.15, -0.1) is 10.1 Å². The molecule has 0 spiro atoms. The SMILES string of the molecule is CC1(P(=O)(c2ccccc2)c2ccccc2)CCC2N=C(c3c(F)c(Cl)c(Cl)c(F)c3C3=NC4CCC(C)(P(=O)(c5ccccc5)c5ccccc5)N4O3)ON21. The largest absolute Gasteiger partial charge is 0.382 e. The van der Waals surface area contributed by atoms with E-state index in [1.165, 1.54) is 0 Å². The Morgan fingerprint density at radius 1 is 0.571 bits per heavy atom. The number of nitrogens with zero attached hydrogens (tertiary/aromatic N) is 4. The van der Waals surface area contributed by atoms with Crippen LogP contribution < -0.4 is 21.2 Å². The van der Waals surface area contributed by atoms with Crippen LogP contribution in [0.15, 0.2) is 131 Å². The second-order valence-corrected chi connectivity index (χ2v) is 21.9. The summed E-state index contributed by atoms with van der Waals surface area (Å²) < 4.78 is 64.6. The lowest BCUT2D eigenvalue weighted by Gasteiger charge is -2.40. The molecule has 4 aliphatic heterocycles. The molecule has 2 fully saturated rings. The fraction of sp³-hybridized carbons (Fsp3) is 0.238. The average Bonchev–Trinajstić information content (AvgIpc) is 4.02. The van der Waals surface area contributed by atoms with E-state index in [1.807, 2.05) is 135 Å². The van der Waals surface area contributed by atoms with Gasteiger partial charge in [0.05, 0.1) is 21.2 Å². The molecular weight excluding hydrogens is 795 g/mol. The van der Waals surface area contributed by atoms with Crippen molar-refractivity contribution in [1.29, 1.82) is 0 Å². The summed E-state index contributed by atoms with van der Waals surface area (Å²) in [5.41, 5.74) is -0.863. The van der Waals surface area contributed by atoms with Gasteiger partial charge in [-0.25, -0.2) is 18.8 Å². The molecule has 2 saturated heterocycles. The molecule has 0 radical (unpaired) electrons. The predicted molar refractivity (Wildman–Crippen MR) is 218 cm³/mol. The van der Waals surface area contributed by atoms with Gasteiger partial charge < -0.3 is 18.8 Å². The lowest BCUT2D eigenvalue weighted by molar-refractivity contribution is -0.103. The number of fused-ring (bicyclic) bond motifs is 2. The molecule has 4 unspecified atom stereocenters. The third-order valence-electron chi connectivity index (χ3n) is 11.7. The Balaban J connectivity index is 1.12. The molecule has 4 atom stereocenters. The fourth-order valence-corrected chi connectivity index (χ4v) is 16.1. The first-order valence-corrected chi connectivity index (χ1v) is 22.5. The van der Waals surface area contributed by atoms with Gasteiger partial charge in [-0.2, -0.15) is 0 Å². The van der Waals surface area contributed by atoms with Crippen LogP contribution in [-0.4, -0.2) is 44.8 Å². The summed E-state index contributed by atoms with van der Waals surface area (Å²) in [6.07, 6.45) is 0.361. The van der Waals surface area contributed by atoms with Gasteiger partial charge >= 0.3 is 0 Å². The highest BCUT2D eigenvalue weighted by atomic mass is 35.5. The van der Waals surface area contributed by atoms with Gasteiger partial charge in [0.2, 0.25) is 11.8 Å². The van der Waals surface area contributed by atoms with E-state index in [1.54, 1.807) is 10.1 Å². The van der Waals surface area contributed by atoms with Crippen molar-refractivity contribution in [3.8, 4) is 0 Å². The number of hydrogen-bond donors (Lipinski definition) is 0. The Morgan fingerprint density at radius 3 is 1.14 bits per heavy atom. The van der Waals surface area contributed by atoms with Crippen LogP contribution in [0.3, 0.4) is 0 Å². The normalized spacial score (nSPS) is 25.0. The van der Waals surface area contributed by atoms with Crippen molar-refractivity contribution < 1.29 is 27.6 Å². The minimum absolute atomic E-state index is 0.279. The van der Waals surface area contributed by atoms with E-state index in [2.05, 4.69) is 0 Å². The number of aliphatic imine (C=N–C) groups is 2. The first kappa shape index (κ1) is 37.4. The van der Waals surface area contributed by atoms with Crippen molar-refractivity contribution >= 4 is 70.5 Å². The first-order valence-electron chi connectivity index (χ1n) is 18.3. The highest BCUT2D eigenvalue weighted by Gasteiger charge is 2.62. The van der Waals surface area contributed by atoms with Crippen LogP contribution in [0.2, 0.25) is 10.0 Å². The molecule has 0 bridgehead atoms. The van der Waals surface area contributed by atoms with Crippen LogP contribution in [-0.2, 0) is 18.8 Å². The third kappa shape index (κ3) is 5.30. The number of halogens is 4. The summed E-state index contributed by atoms with van der Waals surface area (Å²) in [6, 6.07) is 36.8. The maximum Gasteiger partial charge on any atom is 0.246 e. The Morgan fingerprint density at radius 2 is 0.857 bits per heavy atom. The van der Waals surface area contributed by atoms with Gasteiger partial charge in [-0.1, -0.05) is 145 Å². The second kappa shape index (κ2) is 13.8. The van der Waals surface area contributed by atoms with Gasteiger partial charge in [-0.3, -0.25) is 0 Å². The minimum Gasteiger partial charge on any atom is -0.382 e. The Kier molecular flexibility index (Phi) is 9.20. The number of hydroxylamine groups is 4. The fourth-order valence-electron chi connectivity index (χ4n) is 8.77. The zero-order chi connectivity index (χ0) is 39.0. The Labute approximate surface area is 333 Å². The van der Waals surface area contributed by atoms with Crippen LogP contribution in [0, 0.1) is 11.6 Å². The van der Waals surface area contributed by atoms with E-state index < -0.39 is 70.0 Å². The summed E-state index contributed by atoms with van der Waals surface area (Å²) in [5, 5.41) is 2.00. The van der Waals surface area contributed by atoms with Crippen molar-refractivity contribution in [2.45, 2.75) is 62.4 Å². The van der Waals surface area contributed by atoms with Gasteiger partial charge in [0, 0.05) is 21.2 Å². The van der Waals surface area contributed by atoms with Crippen molar-refractivity contribution in [3.05, 3.63) is 154 Å². The molecule has 8 nitrogen and oxygen atoms in total. The lowest BCUT2D eigenvalue weighted by Crippen LogP contribution is -2.47.